The van der Waals surface area contributed by atoms with E-state index in [0.29, 0.717) is 0 Å². The van der Waals surface area contributed by atoms with Crippen LogP contribution in [0, 0.1) is 0 Å². The van der Waals surface area contributed by atoms with Crippen LogP contribution in [0.5, 0.6) is 0 Å². The molecule has 0 bridgehead atoms. The molecule has 0 unspecified atom stereocenters. The normalized spacial score (nSPS) is 11.8. The first-order valence-corrected chi connectivity index (χ1v) is 20.4. The number of furan rings is 2. The third-order valence-electron chi connectivity index (χ3n) is 11.5. The van der Waals surface area contributed by atoms with Gasteiger partial charge in [-0.25, -0.2) is 0 Å². The largest absolute Gasteiger partial charge is 0.456 e. The van der Waals surface area contributed by atoms with E-state index in [4.69, 9.17) is 8.83 Å². The van der Waals surface area contributed by atoms with Crippen molar-refractivity contribution < 1.29 is 8.83 Å². The average Bonchev–Trinajstić information content (AvgIpc) is 3.98. The van der Waals surface area contributed by atoms with Crippen molar-refractivity contribution in [3.8, 4) is 33.4 Å². The molecule has 0 atom stereocenters. The summed E-state index contributed by atoms with van der Waals surface area (Å²) >= 11 is 1.85. The van der Waals surface area contributed by atoms with E-state index in [1.807, 2.05) is 23.5 Å². The van der Waals surface area contributed by atoms with Crippen LogP contribution in [0.15, 0.2) is 209 Å². The van der Waals surface area contributed by atoms with Crippen LogP contribution in [0.1, 0.15) is 0 Å². The zero-order chi connectivity index (χ0) is 38.2. The maximum atomic E-state index is 6.88. The molecular weight excluding hydrogens is 727 g/mol. The Morgan fingerprint density at radius 1 is 0.379 bits per heavy atom. The van der Waals surface area contributed by atoms with Gasteiger partial charge in [0.15, 0.2) is 0 Å². The second-order valence-electron chi connectivity index (χ2n) is 14.8. The number of para-hydroxylation sites is 2. The minimum absolute atomic E-state index is 0.848. The first-order valence-electron chi connectivity index (χ1n) is 19.6. The standard InChI is InChI=1S/C54H33NO2S/c1-3-15-34(16-4-1)38-19-7-10-24-44(38)55(45-25-13-23-41-40-20-9-12-28-49(40)58-54(41)45)37-31-29-35(30-32-37)39-22-14-27-47-51(39)43-33-48-52(42-21-8-11-26-46(42)56-48)50(53(43)57-47)36-17-5-2-6-18-36/h1-33H. The van der Waals surface area contributed by atoms with Crippen molar-refractivity contribution in [3.05, 3.63) is 200 Å². The van der Waals surface area contributed by atoms with Crippen molar-refractivity contribution in [2.24, 2.45) is 0 Å². The minimum atomic E-state index is 0.848. The Morgan fingerprint density at radius 2 is 1.00 bits per heavy atom. The highest BCUT2D eigenvalue weighted by atomic mass is 32.1. The summed E-state index contributed by atoms with van der Waals surface area (Å²) in [5, 5.41) is 6.82. The van der Waals surface area contributed by atoms with Crippen LogP contribution in [0.25, 0.3) is 97.4 Å². The Morgan fingerprint density at radius 3 is 1.84 bits per heavy atom. The smallest absolute Gasteiger partial charge is 0.144 e. The first-order chi connectivity index (χ1) is 28.8. The van der Waals surface area contributed by atoms with Gasteiger partial charge in [-0.15, -0.1) is 11.3 Å². The van der Waals surface area contributed by atoms with E-state index in [1.165, 1.54) is 31.3 Å². The molecule has 12 rings (SSSR count). The van der Waals surface area contributed by atoms with Gasteiger partial charge in [-0.3, -0.25) is 0 Å². The molecule has 0 aliphatic heterocycles. The number of anilines is 3. The van der Waals surface area contributed by atoms with Crippen LogP contribution in [0.2, 0.25) is 0 Å². The van der Waals surface area contributed by atoms with E-state index in [2.05, 4.69) is 193 Å². The number of fused-ring (bicyclic) bond motifs is 9. The van der Waals surface area contributed by atoms with Crippen molar-refractivity contribution in [3.63, 3.8) is 0 Å². The maximum absolute atomic E-state index is 6.88. The fourth-order valence-corrected chi connectivity index (χ4v) is 10.1. The topological polar surface area (TPSA) is 29.5 Å². The molecule has 0 N–H and O–H groups in total. The van der Waals surface area contributed by atoms with Crippen molar-refractivity contribution in [1.82, 2.24) is 0 Å². The van der Waals surface area contributed by atoms with Gasteiger partial charge in [0.25, 0.3) is 0 Å². The summed E-state index contributed by atoms with van der Waals surface area (Å²) in [5.74, 6) is 0. The van der Waals surface area contributed by atoms with E-state index in [9.17, 15) is 0 Å². The van der Waals surface area contributed by atoms with Gasteiger partial charge in [0, 0.05) is 53.8 Å². The summed E-state index contributed by atoms with van der Waals surface area (Å²) < 4.78 is 16.0. The third-order valence-corrected chi connectivity index (χ3v) is 12.7. The average molecular weight is 760 g/mol. The lowest BCUT2D eigenvalue weighted by Gasteiger charge is -2.28. The van der Waals surface area contributed by atoms with E-state index in [-0.39, 0.29) is 0 Å². The number of hydrogen-bond acceptors (Lipinski definition) is 4. The SMILES string of the molecule is c1ccc(-c2ccccc2N(c2ccc(-c3cccc4oc5c(-c6ccccc6)c6c(cc5c34)oc3ccccc36)cc2)c2cccc3c2sc2ccccc23)cc1. The molecule has 0 saturated carbocycles. The molecule has 0 saturated heterocycles. The molecule has 4 heteroatoms. The Hall–Kier alpha value is -7.40. The zero-order valence-electron chi connectivity index (χ0n) is 31.2. The second-order valence-corrected chi connectivity index (χ2v) is 15.8. The molecule has 9 aromatic carbocycles. The molecule has 272 valence electrons. The fraction of sp³-hybridized carbons (Fsp3) is 0. The molecule has 3 aromatic heterocycles. The van der Waals surface area contributed by atoms with Crippen LogP contribution in [-0.4, -0.2) is 0 Å². The number of rotatable bonds is 6. The lowest BCUT2D eigenvalue weighted by molar-refractivity contribution is 0.664. The van der Waals surface area contributed by atoms with Crippen molar-refractivity contribution in [2.75, 3.05) is 4.90 Å². The molecule has 58 heavy (non-hydrogen) atoms. The highest BCUT2D eigenvalue weighted by Gasteiger charge is 2.24. The van der Waals surface area contributed by atoms with E-state index < -0.39 is 0 Å². The molecule has 0 aliphatic rings. The van der Waals surface area contributed by atoms with Crippen molar-refractivity contribution >= 4 is 92.4 Å². The molecule has 0 fully saturated rings. The van der Waals surface area contributed by atoms with Crippen molar-refractivity contribution in [1.29, 1.82) is 0 Å². The monoisotopic (exact) mass is 759 g/mol. The Labute approximate surface area is 338 Å². The van der Waals surface area contributed by atoms with Crippen LogP contribution in [0.4, 0.5) is 17.1 Å². The molecule has 0 spiro atoms. The fourth-order valence-electron chi connectivity index (χ4n) is 8.92. The van der Waals surface area contributed by atoms with E-state index in [1.54, 1.807) is 0 Å². The summed E-state index contributed by atoms with van der Waals surface area (Å²) in [5.41, 5.74) is 13.5. The minimum Gasteiger partial charge on any atom is -0.456 e. The van der Waals surface area contributed by atoms with E-state index >= 15 is 0 Å². The predicted octanol–water partition coefficient (Wildman–Crippen LogP) is 16.3. The van der Waals surface area contributed by atoms with Crippen LogP contribution in [-0.2, 0) is 0 Å². The van der Waals surface area contributed by atoms with Gasteiger partial charge in [0.2, 0.25) is 0 Å². The van der Waals surface area contributed by atoms with Crippen molar-refractivity contribution in [2.45, 2.75) is 0 Å². The highest BCUT2D eigenvalue weighted by Crippen LogP contribution is 2.49. The van der Waals surface area contributed by atoms with Gasteiger partial charge in [-0.2, -0.15) is 0 Å². The van der Waals surface area contributed by atoms with Crippen LogP contribution >= 0.6 is 11.3 Å². The Kier molecular flexibility index (Phi) is 7.40. The number of benzene rings is 9. The second kappa shape index (κ2) is 13.1. The summed E-state index contributed by atoms with van der Waals surface area (Å²) in [4.78, 5) is 2.43. The molecule has 0 amide bonds. The summed E-state index contributed by atoms with van der Waals surface area (Å²) in [7, 11) is 0. The number of thiophene rings is 1. The van der Waals surface area contributed by atoms with E-state index in [0.717, 1.165) is 83.2 Å². The first kappa shape index (κ1) is 32.8. The zero-order valence-corrected chi connectivity index (χ0v) is 32.0. The Bertz CT molecular complexity index is 3500. The quantitative estimate of drug-likeness (QED) is 0.169. The molecule has 3 heterocycles. The molecule has 3 nitrogen and oxygen atoms in total. The lowest BCUT2D eigenvalue weighted by Crippen LogP contribution is -2.11. The summed E-state index contributed by atoms with van der Waals surface area (Å²) in [6.07, 6.45) is 0. The number of nitrogens with zero attached hydrogens (tertiary/aromatic N) is 1. The molecule has 12 aromatic rings. The summed E-state index contributed by atoms with van der Waals surface area (Å²) in [6, 6.07) is 71.2. The number of hydrogen-bond donors (Lipinski definition) is 0. The molecule has 0 aliphatic carbocycles. The van der Waals surface area contributed by atoms with Crippen LogP contribution in [0.3, 0.4) is 0 Å². The van der Waals surface area contributed by atoms with Gasteiger partial charge in [0.1, 0.15) is 22.3 Å². The van der Waals surface area contributed by atoms with Crippen LogP contribution < -0.4 is 4.90 Å². The molecular formula is C54H33NO2S. The Balaban J connectivity index is 1.07. The third kappa shape index (κ3) is 5.05. The predicted molar refractivity (Wildman–Crippen MR) is 245 cm³/mol. The lowest BCUT2D eigenvalue weighted by atomic mass is 9.94. The summed E-state index contributed by atoms with van der Waals surface area (Å²) in [6.45, 7) is 0. The van der Waals surface area contributed by atoms with Gasteiger partial charge < -0.3 is 13.7 Å². The van der Waals surface area contributed by atoms with Gasteiger partial charge in [-0.05, 0) is 70.8 Å². The highest BCUT2D eigenvalue weighted by molar-refractivity contribution is 7.26. The van der Waals surface area contributed by atoms with Gasteiger partial charge in [-0.1, -0.05) is 152 Å². The maximum Gasteiger partial charge on any atom is 0.144 e. The van der Waals surface area contributed by atoms with Gasteiger partial charge >= 0.3 is 0 Å². The molecule has 0 radical (unpaired) electrons. The van der Waals surface area contributed by atoms with Gasteiger partial charge in [0.05, 0.1) is 16.1 Å².